The van der Waals surface area contributed by atoms with Crippen LogP contribution in [0.25, 0.3) is 0 Å². The maximum absolute atomic E-state index is 5.40. The van der Waals surface area contributed by atoms with Crippen LogP contribution in [0.3, 0.4) is 0 Å². The van der Waals surface area contributed by atoms with Gasteiger partial charge in [-0.05, 0) is 26.2 Å². The van der Waals surface area contributed by atoms with Crippen molar-refractivity contribution in [2.24, 2.45) is 0 Å². The third-order valence-corrected chi connectivity index (χ3v) is 4.52. The van der Waals surface area contributed by atoms with E-state index in [9.17, 15) is 0 Å². The van der Waals surface area contributed by atoms with E-state index in [0.29, 0.717) is 23.2 Å². The Morgan fingerprint density at radius 3 is 2.19 bits per heavy atom. The maximum atomic E-state index is 5.40. The number of methoxy groups -OCH3 is 3. The van der Waals surface area contributed by atoms with Gasteiger partial charge >= 0.3 is 0 Å². The molecule has 1 fully saturated rings. The third-order valence-electron chi connectivity index (χ3n) is 4.52. The van der Waals surface area contributed by atoms with Crippen molar-refractivity contribution < 1.29 is 14.2 Å². The molecule has 1 saturated heterocycles. The number of nitrogens with one attached hydrogen (secondary N) is 1. The Bertz CT molecular complexity index is 735. The second kappa shape index (κ2) is 8.12. The van der Waals surface area contributed by atoms with E-state index in [-0.39, 0.29) is 0 Å². The van der Waals surface area contributed by atoms with Crippen LogP contribution in [0.15, 0.2) is 18.3 Å². The lowest BCUT2D eigenvalue weighted by atomic mass is 10.1. The first kappa shape index (κ1) is 18.1. The van der Waals surface area contributed by atoms with Crippen LogP contribution in [0.4, 0.5) is 17.5 Å². The van der Waals surface area contributed by atoms with Gasteiger partial charge in [0.05, 0.1) is 21.3 Å². The first-order valence-electron chi connectivity index (χ1n) is 8.82. The Morgan fingerprint density at radius 2 is 1.62 bits per heavy atom. The molecule has 1 aromatic carbocycles. The van der Waals surface area contributed by atoms with Crippen LogP contribution in [0.1, 0.15) is 24.8 Å². The molecule has 0 atom stereocenters. The van der Waals surface area contributed by atoms with Gasteiger partial charge in [-0.2, -0.15) is 4.98 Å². The van der Waals surface area contributed by atoms with Gasteiger partial charge < -0.3 is 24.4 Å². The summed E-state index contributed by atoms with van der Waals surface area (Å²) in [4.78, 5) is 11.5. The summed E-state index contributed by atoms with van der Waals surface area (Å²) >= 11 is 0. The van der Waals surface area contributed by atoms with Gasteiger partial charge in [-0.25, -0.2) is 4.98 Å². The van der Waals surface area contributed by atoms with Crippen LogP contribution in [0.2, 0.25) is 0 Å². The number of hydrogen-bond donors (Lipinski definition) is 1. The Kier molecular flexibility index (Phi) is 5.65. The van der Waals surface area contributed by atoms with Gasteiger partial charge in [0.25, 0.3) is 0 Å². The molecule has 1 aliphatic heterocycles. The number of benzene rings is 1. The Labute approximate surface area is 154 Å². The summed E-state index contributed by atoms with van der Waals surface area (Å²) in [5, 5.41) is 3.25. The van der Waals surface area contributed by atoms with Gasteiger partial charge in [0.2, 0.25) is 11.7 Å². The molecule has 1 N–H and O–H groups in total. The number of nitrogens with zero attached hydrogens (tertiary/aromatic N) is 3. The van der Waals surface area contributed by atoms with Gasteiger partial charge in [-0.1, -0.05) is 0 Å². The van der Waals surface area contributed by atoms with Crippen LogP contribution >= 0.6 is 0 Å². The molecule has 0 bridgehead atoms. The molecule has 0 aliphatic carbocycles. The number of rotatable bonds is 6. The van der Waals surface area contributed by atoms with E-state index in [4.69, 9.17) is 19.2 Å². The third kappa shape index (κ3) is 3.76. The minimum atomic E-state index is 0.547. The quantitative estimate of drug-likeness (QED) is 0.847. The average molecular weight is 358 g/mol. The predicted molar refractivity (Wildman–Crippen MR) is 102 cm³/mol. The van der Waals surface area contributed by atoms with Crippen molar-refractivity contribution in [1.82, 2.24) is 9.97 Å². The summed E-state index contributed by atoms with van der Waals surface area (Å²) in [5.41, 5.74) is 1.86. The van der Waals surface area contributed by atoms with E-state index in [1.165, 1.54) is 19.3 Å². The number of piperidine rings is 1. The SMILES string of the molecule is COc1cc(Nc2ncc(C)c(N3CCCCC3)n2)cc(OC)c1OC. The first-order valence-corrected chi connectivity index (χ1v) is 8.82. The molecule has 7 heteroatoms. The summed E-state index contributed by atoms with van der Waals surface area (Å²) in [7, 11) is 4.78. The minimum absolute atomic E-state index is 0.547. The lowest BCUT2D eigenvalue weighted by Crippen LogP contribution is -2.31. The summed E-state index contributed by atoms with van der Waals surface area (Å²) < 4.78 is 16.2. The molecule has 0 radical (unpaired) electrons. The van der Waals surface area contributed by atoms with E-state index in [0.717, 1.165) is 30.2 Å². The normalized spacial score (nSPS) is 14.1. The molecule has 2 heterocycles. The summed E-state index contributed by atoms with van der Waals surface area (Å²) in [5.74, 6) is 3.26. The molecule has 0 saturated carbocycles. The molecule has 140 valence electrons. The van der Waals surface area contributed by atoms with Crippen molar-refractivity contribution in [3.8, 4) is 17.2 Å². The Morgan fingerprint density at radius 1 is 0.962 bits per heavy atom. The molecule has 2 aromatic rings. The monoisotopic (exact) mass is 358 g/mol. The number of hydrogen-bond acceptors (Lipinski definition) is 7. The lowest BCUT2D eigenvalue weighted by molar-refractivity contribution is 0.324. The van der Waals surface area contributed by atoms with Crippen molar-refractivity contribution in [2.75, 3.05) is 44.6 Å². The lowest BCUT2D eigenvalue weighted by Gasteiger charge is -2.29. The highest BCUT2D eigenvalue weighted by atomic mass is 16.5. The molecule has 1 aromatic heterocycles. The van der Waals surface area contributed by atoms with E-state index < -0.39 is 0 Å². The fraction of sp³-hybridized carbons (Fsp3) is 0.474. The highest BCUT2D eigenvalue weighted by molar-refractivity contribution is 5.66. The summed E-state index contributed by atoms with van der Waals surface area (Å²) in [6.07, 6.45) is 5.56. The highest BCUT2D eigenvalue weighted by Crippen LogP contribution is 2.40. The molecular weight excluding hydrogens is 332 g/mol. The minimum Gasteiger partial charge on any atom is -0.493 e. The van der Waals surface area contributed by atoms with Crippen LogP contribution in [0.5, 0.6) is 17.2 Å². The standard InChI is InChI=1S/C19H26N4O3/c1-13-12-20-19(22-18(13)23-8-6-5-7-9-23)21-14-10-15(24-2)17(26-4)16(11-14)25-3/h10-12H,5-9H2,1-4H3,(H,20,21,22). The fourth-order valence-corrected chi connectivity index (χ4v) is 3.20. The highest BCUT2D eigenvalue weighted by Gasteiger charge is 2.17. The summed E-state index contributed by atoms with van der Waals surface area (Å²) in [6.45, 7) is 4.14. The second-order valence-corrected chi connectivity index (χ2v) is 6.29. The molecule has 3 rings (SSSR count). The number of anilines is 3. The van der Waals surface area contributed by atoms with Crippen molar-refractivity contribution in [3.05, 3.63) is 23.9 Å². The largest absolute Gasteiger partial charge is 0.493 e. The van der Waals surface area contributed by atoms with Gasteiger partial charge in [-0.15, -0.1) is 0 Å². The molecule has 0 unspecified atom stereocenters. The maximum Gasteiger partial charge on any atom is 0.229 e. The molecule has 26 heavy (non-hydrogen) atoms. The van der Waals surface area contributed by atoms with Crippen molar-refractivity contribution in [3.63, 3.8) is 0 Å². The van der Waals surface area contributed by atoms with Crippen LogP contribution in [-0.2, 0) is 0 Å². The van der Waals surface area contributed by atoms with Crippen molar-refractivity contribution in [2.45, 2.75) is 26.2 Å². The van der Waals surface area contributed by atoms with E-state index in [2.05, 4.69) is 15.2 Å². The van der Waals surface area contributed by atoms with Crippen molar-refractivity contribution in [1.29, 1.82) is 0 Å². The topological polar surface area (TPSA) is 68.7 Å². The van der Waals surface area contributed by atoms with E-state index in [1.807, 2.05) is 25.3 Å². The van der Waals surface area contributed by atoms with Gasteiger partial charge in [0.1, 0.15) is 5.82 Å². The number of aromatic nitrogens is 2. The summed E-state index contributed by atoms with van der Waals surface area (Å²) in [6, 6.07) is 3.68. The number of ether oxygens (including phenoxy) is 3. The van der Waals surface area contributed by atoms with Gasteiger partial charge in [0.15, 0.2) is 11.5 Å². The molecule has 0 amide bonds. The Hall–Kier alpha value is -2.70. The molecule has 0 spiro atoms. The van der Waals surface area contributed by atoms with Gasteiger partial charge in [0, 0.05) is 42.7 Å². The van der Waals surface area contributed by atoms with Crippen LogP contribution in [-0.4, -0.2) is 44.4 Å². The van der Waals surface area contributed by atoms with Crippen molar-refractivity contribution >= 4 is 17.5 Å². The van der Waals surface area contributed by atoms with Gasteiger partial charge in [-0.3, -0.25) is 0 Å². The molecular formula is C19H26N4O3. The zero-order valence-corrected chi connectivity index (χ0v) is 15.8. The van der Waals surface area contributed by atoms with E-state index in [1.54, 1.807) is 21.3 Å². The van der Waals surface area contributed by atoms with Crippen LogP contribution < -0.4 is 24.4 Å². The predicted octanol–water partition coefficient (Wildman–Crippen LogP) is 3.54. The zero-order valence-electron chi connectivity index (χ0n) is 15.8. The second-order valence-electron chi connectivity index (χ2n) is 6.29. The zero-order chi connectivity index (χ0) is 18.5. The molecule has 1 aliphatic rings. The van der Waals surface area contributed by atoms with Crippen LogP contribution in [0, 0.1) is 6.92 Å². The van der Waals surface area contributed by atoms with E-state index >= 15 is 0 Å². The number of aryl methyl sites for hydroxylation is 1. The average Bonchev–Trinajstić information content (AvgIpc) is 2.69. The molecule has 7 nitrogen and oxygen atoms in total. The first-order chi connectivity index (χ1) is 12.7. The fourth-order valence-electron chi connectivity index (χ4n) is 3.20. The Balaban J connectivity index is 1.89. The smallest absolute Gasteiger partial charge is 0.229 e.